The highest BCUT2D eigenvalue weighted by Gasteiger charge is 2.40. The Kier molecular flexibility index (Phi) is 6.28. The zero-order valence-corrected chi connectivity index (χ0v) is 22.5. The van der Waals surface area contributed by atoms with Crippen LogP contribution in [-0.4, -0.2) is 19.7 Å². The van der Waals surface area contributed by atoms with E-state index in [0.717, 1.165) is 33.4 Å². The van der Waals surface area contributed by atoms with Crippen LogP contribution >= 0.6 is 0 Å². The molecule has 0 aliphatic heterocycles. The second-order valence-electron chi connectivity index (χ2n) is 10.1. The molecule has 2 aromatic heterocycles. The lowest BCUT2D eigenvalue weighted by atomic mass is 9.77. The number of rotatable bonds is 6. The minimum Gasteiger partial charge on any atom is -0.313 e. The average Bonchev–Trinajstić information content (AvgIpc) is 3.49. The molecule has 6 heteroatoms. The molecule has 0 atom stereocenters. The third kappa shape index (κ3) is 4.21. The summed E-state index contributed by atoms with van der Waals surface area (Å²) in [5.74, 6) is -0.324. The Bertz CT molecular complexity index is 1960. The second-order valence-corrected chi connectivity index (χ2v) is 10.1. The van der Waals surface area contributed by atoms with E-state index in [9.17, 15) is 9.18 Å². The molecule has 0 aliphatic carbocycles. The number of aromatic amines is 1. The van der Waals surface area contributed by atoms with Crippen LogP contribution in [0.3, 0.4) is 0 Å². The maximum atomic E-state index is 14.0. The van der Waals surface area contributed by atoms with Gasteiger partial charge in [-0.05, 0) is 58.7 Å². The zero-order chi connectivity index (χ0) is 28.5. The molecule has 0 fully saturated rings. The van der Waals surface area contributed by atoms with Crippen molar-refractivity contribution in [2.24, 2.45) is 0 Å². The lowest BCUT2D eigenvalue weighted by Gasteiger charge is -2.36. The first-order valence-electron chi connectivity index (χ1n) is 13.6. The standard InChI is InChI=1S/C36H25FN4O/c37-30-19-16-25(17-20-30)34-32(26-18-21-33-31(22-26)35(42)39-24-38-33)23-41(40-34)36(27-10-4-1-5-11-27,28-12-6-2-7-13-28)29-14-8-3-9-15-29/h1-24H,(H,38,39,42). The van der Waals surface area contributed by atoms with Gasteiger partial charge in [0.25, 0.3) is 5.56 Å². The summed E-state index contributed by atoms with van der Waals surface area (Å²) < 4.78 is 16.0. The fourth-order valence-electron chi connectivity index (χ4n) is 5.75. The van der Waals surface area contributed by atoms with E-state index < -0.39 is 5.54 Å². The van der Waals surface area contributed by atoms with Crippen molar-refractivity contribution < 1.29 is 4.39 Å². The van der Waals surface area contributed by atoms with Crippen LogP contribution in [0, 0.1) is 5.82 Å². The lowest BCUT2D eigenvalue weighted by molar-refractivity contribution is 0.461. The van der Waals surface area contributed by atoms with Gasteiger partial charge in [-0.3, -0.25) is 9.48 Å². The van der Waals surface area contributed by atoms with Gasteiger partial charge in [-0.1, -0.05) is 97.1 Å². The molecule has 0 saturated carbocycles. The summed E-state index contributed by atoms with van der Waals surface area (Å²) in [5.41, 5.74) is 5.66. The van der Waals surface area contributed by atoms with Crippen LogP contribution in [0.5, 0.6) is 0 Å². The molecule has 7 aromatic rings. The summed E-state index contributed by atoms with van der Waals surface area (Å²) >= 11 is 0. The quantitative estimate of drug-likeness (QED) is 0.220. The molecule has 7 rings (SSSR count). The first-order valence-corrected chi connectivity index (χ1v) is 13.6. The third-order valence-electron chi connectivity index (χ3n) is 7.70. The van der Waals surface area contributed by atoms with Crippen molar-refractivity contribution in [2.75, 3.05) is 0 Å². The number of halogens is 1. The summed E-state index contributed by atoms with van der Waals surface area (Å²) in [6.45, 7) is 0. The summed E-state index contributed by atoms with van der Waals surface area (Å²) in [7, 11) is 0. The first kappa shape index (κ1) is 25.4. The van der Waals surface area contributed by atoms with Crippen molar-refractivity contribution in [3.05, 3.63) is 179 Å². The number of aromatic nitrogens is 4. The fourth-order valence-corrected chi connectivity index (χ4v) is 5.75. The van der Waals surface area contributed by atoms with Gasteiger partial charge in [0.1, 0.15) is 17.1 Å². The van der Waals surface area contributed by atoms with Gasteiger partial charge in [0.05, 0.1) is 17.2 Å². The van der Waals surface area contributed by atoms with Gasteiger partial charge in [-0.2, -0.15) is 5.10 Å². The molecule has 0 spiro atoms. The largest absolute Gasteiger partial charge is 0.313 e. The Balaban J connectivity index is 1.58. The van der Waals surface area contributed by atoms with Crippen molar-refractivity contribution in [2.45, 2.75) is 5.54 Å². The normalized spacial score (nSPS) is 11.5. The smallest absolute Gasteiger partial charge is 0.258 e. The number of nitrogens with zero attached hydrogens (tertiary/aromatic N) is 3. The lowest BCUT2D eigenvalue weighted by Crippen LogP contribution is -2.38. The van der Waals surface area contributed by atoms with E-state index in [1.165, 1.54) is 18.5 Å². The van der Waals surface area contributed by atoms with E-state index in [0.29, 0.717) is 16.6 Å². The molecular formula is C36H25FN4O. The molecule has 0 bridgehead atoms. The van der Waals surface area contributed by atoms with Gasteiger partial charge >= 0.3 is 0 Å². The number of benzene rings is 5. The van der Waals surface area contributed by atoms with Crippen LogP contribution in [0.15, 0.2) is 151 Å². The summed E-state index contributed by atoms with van der Waals surface area (Å²) in [5, 5.41) is 5.76. The van der Waals surface area contributed by atoms with E-state index in [-0.39, 0.29) is 11.4 Å². The van der Waals surface area contributed by atoms with Crippen molar-refractivity contribution in [1.82, 2.24) is 19.7 Å². The van der Waals surface area contributed by atoms with Gasteiger partial charge in [0.2, 0.25) is 0 Å². The number of hydrogen-bond donors (Lipinski definition) is 1. The molecule has 0 aliphatic rings. The van der Waals surface area contributed by atoms with Crippen molar-refractivity contribution in [3.63, 3.8) is 0 Å². The molecule has 0 amide bonds. The van der Waals surface area contributed by atoms with Crippen LogP contribution in [0.25, 0.3) is 33.3 Å². The predicted molar refractivity (Wildman–Crippen MR) is 164 cm³/mol. The molecule has 0 radical (unpaired) electrons. The van der Waals surface area contributed by atoms with E-state index in [4.69, 9.17) is 5.10 Å². The fraction of sp³-hybridized carbons (Fsp3) is 0.0278. The Morgan fingerprint density at radius 2 is 1.21 bits per heavy atom. The topological polar surface area (TPSA) is 63.6 Å². The van der Waals surface area contributed by atoms with Crippen LogP contribution in [-0.2, 0) is 5.54 Å². The number of fused-ring (bicyclic) bond motifs is 1. The predicted octanol–water partition coefficient (Wildman–Crippen LogP) is 7.43. The van der Waals surface area contributed by atoms with E-state index in [1.807, 2.05) is 83.7 Å². The van der Waals surface area contributed by atoms with Gasteiger partial charge in [-0.15, -0.1) is 0 Å². The zero-order valence-electron chi connectivity index (χ0n) is 22.5. The van der Waals surface area contributed by atoms with Gasteiger partial charge in [-0.25, -0.2) is 9.37 Å². The molecule has 42 heavy (non-hydrogen) atoms. The van der Waals surface area contributed by atoms with E-state index in [1.54, 1.807) is 12.1 Å². The maximum absolute atomic E-state index is 14.0. The second kappa shape index (κ2) is 10.4. The average molecular weight is 549 g/mol. The molecule has 5 aromatic carbocycles. The van der Waals surface area contributed by atoms with E-state index in [2.05, 4.69) is 46.4 Å². The summed E-state index contributed by atoms with van der Waals surface area (Å²) in [6, 6.07) is 42.8. The van der Waals surface area contributed by atoms with Crippen LogP contribution in [0.4, 0.5) is 4.39 Å². The third-order valence-corrected chi connectivity index (χ3v) is 7.70. The Morgan fingerprint density at radius 1 is 0.667 bits per heavy atom. The molecule has 0 unspecified atom stereocenters. The first-order chi connectivity index (χ1) is 20.6. The number of hydrogen-bond acceptors (Lipinski definition) is 3. The van der Waals surface area contributed by atoms with Gasteiger partial charge in [0.15, 0.2) is 0 Å². The monoisotopic (exact) mass is 548 g/mol. The number of H-pyrrole nitrogens is 1. The molecule has 202 valence electrons. The highest BCUT2D eigenvalue weighted by molar-refractivity contribution is 5.88. The maximum Gasteiger partial charge on any atom is 0.258 e. The minimum absolute atomic E-state index is 0.218. The summed E-state index contributed by atoms with van der Waals surface area (Å²) in [6.07, 6.45) is 3.43. The molecular weight excluding hydrogens is 523 g/mol. The number of nitrogens with one attached hydrogen (secondary N) is 1. The van der Waals surface area contributed by atoms with Gasteiger partial charge in [0, 0.05) is 17.3 Å². The molecule has 5 nitrogen and oxygen atoms in total. The minimum atomic E-state index is -0.841. The van der Waals surface area contributed by atoms with Gasteiger partial charge < -0.3 is 4.98 Å². The van der Waals surface area contributed by atoms with Crippen molar-refractivity contribution in [3.8, 4) is 22.4 Å². The highest BCUT2D eigenvalue weighted by Crippen LogP contribution is 2.43. The summed E-state index contributed by atoms with van der Waals surface area (Å²) in [4.78, 5) is 19.7. The van der Waals surface area contributed by atoms with Crippen molar-refractivity contribution in [1.29, 1.82) is 0 Å². The molecule has 2 heterocycles. The SMILES string of the molecule is O=c1[nH]cnc2ccc(-c3cn(C(c4ccccc4)(c4ccccc4)c4ccccc4)nc3-c3ccc(F)cc3)cc12. The van der Waals surface area contributed by atoms with Crippen LogP contribution in [0.1, 0.15) is 16.7 Å². The Labute approximate surface area is 241 Å². The van der Waals surface area contributed by atoms with Crippen LogP contribution in [0.2, 0.25) is 0 Å². The Morgan fingerprint density at radius 3 is 1.79 bits per heavy atom. The molecule has 1 N–H and O–H groups in total. The van der Waals surface area contributed by atoms with Crippen LogP contribution < -0.4 is 5.56 Å². The Hall–Kier alpha value is -5.62. The highest BCUT2D eigenvalue weighted by atomic mass is 19.1. The van der Waals surface area contributed by atoms with Crippen molar-refractivity contribution >= 4 is 10.9 Å². The van der Waals surface area contributed by atoms with E-state index >= 15 is 0 Å². The molecule has 0 saturated heterocycles.